The summed E-state index contributed by atoms with van der Waals surface area (Å²) in [5.41, 5.74) is 0. The second-order valence-electron chi connectivity index (χ2n) is 7.21. The Kier molecular flexibility index (Phi) is 7.63. The second-order valence-corrected chi connectivity index (χ2v) is 13.2. The van der Waals surface area contributed by atoms with E-state index < -0.39 is 14.6 Å². The predicted molar refractivity (Wildman–Crippen MR) is 142 cm³/mol. The Morgan fingerprint density at radius 3 is 1.24 bits per heavy atom. The molecule has 0 heterocycles. The van der Waals surface area contributed by atoms with Gasteiger partial charge in [0.15, 0.2) is 0 Å². The van der Waals surface area contributed by atoms with E-state index >= 15 is 0 Å². The van der Waals surface area contributed by atoms with E-state index in [1.165, 1.54) is 0 Å². The highest BCUT2D eigenvalue weighted by molar-refractivity contribution is 7.79. The van der Waals surface area contributed by atoms with Gasteiger partial charge < -0.3 is 0 Å². The minimum atomic E-state index is -3.17. The lowest BCUT2D eigenvalue weighted by molar-refractivity contribution is 0.587. The molecule has 0 bridgehead atoms. The van der Waals surface area contributed by atoms with Crippen molar-refractivity contribution >= 4 is 50.4 Å². The first-order chi connectivity index (χ1) is 16.1. The molecule has 7 heteroatoms. The average molecular weight is 488 g/mol. The number of hydrogen-bond donors (Lipinski definition) is 0. The maximum atomic E-state index is 13.9. The average Bonchev–Trinajstić information content (AvgIpc) is 2.90. The van der Waals surface area contributed by atoms with Crippen LogP contribution in [0.2, 0.25) is 0 Å². The first-order valence-electron chi connectivity index (χ1n) is 10.5. The Bertz CT molecular complexity index is 1140. The number of hydrogen-bond acceptors (Lipinski definition) is 2. The Morgan fingerprint density at radius 2 is 0.879 bits per heavy atom. The maximum absolute atomic E-state index is 13.9. The van der Waals surface area contributed by atoms with Gasteiger partial charge in [-0.3, -0.25) is 9.13 Å². The molecule has 4 aromatic rings. The van der Waals surface area contributed by atoms with Crippen molar-refractivity contribution in [1.29, 1.82) is 0 Å². The largest absolute Gasteiger partial charge is 0.288 e. The topological polar surface area (TPSA) is 58.9 Å². The van der Waals surface area contributed by atoms with Crippen LogP contribution in [0.25, 0.3) is 0 Å². The van der Waals surface area contributed by atoms with Crippen molar-refractivity contribution in [3.8, 4) is 0 Å². The Labute approximate surface area is 196 Å². The molecule has 0 aliphatic carbocycles. The third kappa shape index (κ3) is 5.37. The summed E-state index contributed by atoms with van der Waals surface area (Å²) in [5.74, 6) is 0. The zero-order valence-electron chi connectivity index (χ0n) is 17.9. The van der Waals surface area contributed by atoms with Gasteiger partial charge in [-0.2, -0.15) is 0 Å². The van der Waals surface area contributed by atoms with Gasteiger partial charge in [0.2, 0.25) is 7.29 Å². The van der Waals surface area contributed by atoms with E-state index in [0.29, 0.717) is 35.8 Å². The molecule has 0 aliphatic rings. The van der Waals surface area contributed by atoms with Gasteiger partial charge >= 0.3 is 0 Å². The van der Waals surface area contributed by atoms with Crippen molar-refractivity contribution in [2.45, 2.75) is 0 Å². The van der Waals surface area contributed by atoms with Crippen molar-refractivity contribution in [3.05, 3.63) is 121 Å². The van der Waals surface area contributed by atoms with Crippen LogP contribution >= 0.6 is 23.0 Å². The standard InChI is InChI=1S/C26H23N2O2P3/c29-32(23-13-5-1-6-14-23,24-15-7-2-8-16-24)27-21-22-31-28-33(30,25-17-9-3-10-18-25)26-19-11-4-12-20-26/h1-21H,22H2/b27-21+. The molecular formula is C26H23N2O2P3. The Hall–Kier alpha value is -2.89. The summed E-state index contributed by atoms with van der Waals surface area (Å²) in [4.78, 5) is 0. The number of benzene rings is 4. The molecule has 0 saturated carbocycles. The molecule has 164 valence electrons. The minimum Gasteiger partial charge on any atom is -0.288 e. The molecule has 4 rings (SSSR count). The van der Waals surface area contributed by atoms with E-state index in [2.05, 4.69) is 9.28 Å². The van der Waals surface area contributed by atoms with Crippen molar-refractivity contribution in [2.24, 2.45) is 9.28 Å². The summed E-state index contributed by atoms with van der Waals surface area (Å²) >= 11 is 0. The maximum Gasteiger partial charge on any atom is 0.250 e. The van der Waals surface area contributed by atoms with Crippen LogP contribution in [0.4, 0.5) is 0 Å². The highest BCUT2D eigenvalue weighted by Gasteiger charge is 2.27. The SMILES string of the molecule is O=P(N=PC/C=N/P(=O)(c1ccccc1)c1ccccc1)(c1ccccc1)c1ccccc1. The van der Waals surface area contributed by atoms with Gasteiger partial charge in [0, 0.05) is 42.0 Å². The molecule has 0 radical (unpaired) electrons. The number of rotatable bonds is 8. The molecule has 0 spiro atoms. The molecule has 0 aromatic heterocycles. The molecule has 0 amide bonds. The summed E-state index contributed by atoms with van der Waals surface area (Å²) in [7, 11) is -5.71. The molecular weight excluding hydrogens is 465 g/mol. The summed E-state index contributed by atoms with van der Waals surface area (Å²) < 4.78 is 37.0. The van der Waals surface area contributed by atoms with Crippen LogP contribution in [0.1, 0.15) is 0 Å². The summed E-state index contributed by atoms with van der Waals surface area (Å²) in [5, 5.41) is 2.75. The normalized spacial score (nSPS) is 12.4. The van der Waals surface area contributed by atoms with E-state index in [1.54, 1.807) is 6.21 Å². The van der Waals surface area contributed by atoms with Crippen molar-refractivity contribution in [2.75, 3.05) is 6.16 Å². The molecule has 0 aliphatic heterocycles. The van der Waals surface area contributed by atoms with Crippen LogP contribution in [0, 0.1) is 0 Å². The van der Waals surface area contributed by atoms with Crippen LogP contribution in [0.3, 0.4) is 0 Å². The van der Waals surface area contributed by atoms with Crippen molar-refractivity contribution in [1.82, 2.24) is 0 Å². The minimum absolute atomic E-state index is 0.410. The molecule has 33 heavy (non-hydrogen) atoms. The smallest absolute Gasteiger partial charge is 0.250 e. The molecule has 4 aromatic carbocycles. The zero-order chi connectivity index (χ0) is 23.0. The fourth-order valence-corrected chi connectivity index (χ4v) is 8.96. The van der Waals surface area contributed by atoms with Gasteiger partial charge in [-0.05, 0) is 48.5 Å². The van der Waals surface area contributed by atoms with Crippen LogP contribution in [-0.2, 0) is 9.13 Å². The summed E-state index contributed by atoms with van der Waals surface area (Å²) in [6.07, 6.45) is 2.06. The fraction of sp³-hybridized carbons (Fsp3) is 0.0385. The number of nitrogens with zero attached hydrogens (tertiary/aromatic N) is 2. The van der Waals surface area contributed by atoms with Gasteiger partial charge in [0.1, 0.15) is 0 Å². The van der Waals surface area contributed by atoms with Crippen LogP contribution in [-0.4, -0.2) is 12.4 Å². The van der Waals surface area contributed by atoms with E-state index in [0.717, 1.165) is 0 Å². The van der Waals surface area contributed by atoms with Gasteiger partial charge in [0.05, 0.1) is 0 Å². The zero-order valence-corrected chi connectivity index (χ0v) is 20.6. The van der Waals surface area contributed by atoms with E-state index in [4.69, 9.17) is 0 Å². The summed E-state index contributed by atoms with van der Waals surface area (Å²) in [6, 6.07) is 37.3. The van der Waals surface area contributed by atoms with E-state index in [1.807, 2.05) is 121 Å². The first-order valence-corrected chi connectivity index (χ1v) is 14.8. The van der Waals surface area contributed by atoms with Crippen LogP contribution in [0.15, 0.2) is 131 Å². The van der Waals surface area contributed by atoms with E-state index in [9.17, 15) is 9.13 Å². The van der Waals surface area contributed by atoms with Crippen molar-refractivity contribution in [3.63, 3.8) is 0 Å². The first kappa shape index (κ1) is 23.3. The molecule has 0 fully saturated rings. The van der Waals surface area contributed by atoms with Crippen molar-refractivity contribution < 1.29 is 9.13 Å². The highest BCUT2D eigenvalue weighted by Crippen LogP contribution is 2.48. The monoisotopic (exact) mass is 488 g/mol. The molecule has 0 N–H and O–H groups in total. The lowest BCUT2D eigenvalue weighted by Crippen LogP contribution is -2.14. The van der Waals surface area contributed by atoms with Crippen LogP contribution < -0.4 is 21.2 Å². The highest BCUT2D eigenvalue weighted by atomic mass is 31.2. The quantitative estimate of drug-likeness (QED) is 0.224. The predicted octanol–water partition coefficient (Wildman–Crippen LogP) is 6.05. The van der Waals surface area contributed by atoms with Gasteiger partial charge in [-0.1, -0.05) is 72.8 Å². The van der Waals surface area contributed by atoms with Gasteiger partial charge in [-0.25, -0.2) is 9.28 Å². The van der Waals surface area contributed by atoms with Gasteiger partial charge in [0.25, 0.3) is 7.29 Å². The third-order valence-electron chi connectivity index (χ3n) is 5.02. The summed E-state index contributed by atoms with van der Waals surface area (Å²) in [6.45, 7) is 0. The molecule has 0 saturated heterocycles. The third-order valence-corrected chi connectivity index (χ3v) is 11.3. The lowest BCUT2D eigenvalue weighted by atomic mass is 10.4. The second kappa shape index (κ2) is 10.8. The van der Waals surface area contributed by atoms with Gasteiger partial charge in [-0.15, -0.1) is 0 Å². The molecule has 0 unspecified atom stereocenters. The molecule has 4 nitrogen and oxygen atoms in total. The fourth-order valence-electron chi connectivity index (χ4n) is 3.37. The Balaban J connectivity index is 1.62. The Morgan fingerprint density at radius 1 is 0.545 bits per heavy atom. The molecule has 0 atom stereocenters. The van der Waals surface area contributed by atoms with Crippen LogP contribution in [0.5, 0.6) is 0 Å². The van der Waals surface area contributed by atoms with E-state index in [-0.39, 0.29) is 0 Å². The lowest BCUT2D eigenvalue weighted by Gasteiger charge is -2.14.